The van der Waals surface area contributed by atoms with Crippen LogP contribution in [0.2, 0.25) is 0 Å². The van der Waals surface area contributed by atoms with Gasteiger partial charge < -0.3 is 10.6 Å². The molecule has 0 heterocycles. The van der Waals surface area contributed by atoms with E-state index in [-0.39, 0.29) is 5.91 Å². The summed E-state index contributed by atoms with van der Waals surface area (Å²) in [7, 11) is 0. The van der Waals surface area contributed by atoms with Crippen molar-refractivity contribution in [3.63, 3.8) is 0 Å². The standard InChI is InChI=1S/C18H26N2OS/c1-13-8-10-16(14(2)12-13)19-18(22)20-17(21)11-9-15-6-4-3-5-7-15/h8,10,12,15H,3-7,9,11H2,1-2H3,(H2,19,20,21,22). The van der Waals surface area contributed by atoms with Gasteiger partial charge in [0.2, 0.25) is 5.91 Å². The lowest BCUT2D eigenvalue weighted by atomic mass is 9.86. The highest BCUT2D eigenvalue weighted by Gasteiger charge is 2.15. The van der Waals surface area contributed by atoms with Crippen molar-refractivity contribution in [3.8, 4) is 0 Å². The minimum atomic E-state index is 0.0211. The maximum Gasteiger partial charge on any atom is 0.226 e. The zero-order valence-electron chi connectivity index (χ0n) is 13.6. The third-order valence-corrected chi connectivity index (χ3v) is 4.59. The highest BCUT2D eigenvalue weighted by Crippen LogP contribution is 2.27. The summed E-state index contributed by atoms with van der Waals surface area (Å²) < 4.78 is 0. The number of amides is 1. The van der Waals surface area contributed by atoms with E-state index in [9.17, 15) is 4.79 Å². The Morgan fingerprint density at radius 3 is 2.64 bits per heavy atom. The first kappa shape index (κ1) is 16.9. The molecule has 1 aromatic carbocycles. The van der Waals surface area contributed by atoms with Gasteiger partial charge in [-0.05, 0) is 50.0 Å². The zero-order chi connectivity index (χ0) is 15.9. The van der Waals surface area contributed by atoms with E-state index < -0.39 is 0 Å². The van der Waals surface area contributed by atoms with Crippen LogP contribution in [0.25, 0.3) is 0 Å². The molecule has 0 unspecified atom stereocenters. The number of nitrogens with one attached hydrogen (secondary N) is 2. The van der Waals surface area contributed by atoms with Gasteiger partial charge >= 0.3 is 0 Å². The number of thiocarbonyl (C=S) groups is 1. The van der Waals surface area contributed by atoms with Gasteiger partial charge in [0.25, 0.3) is 0 Å². The third kappa shape index (κ3) is 5.41. The van der Waals surface area contributed by atoms with Crippen molar-refractivity contribution in [1.82, 2.24) is 5.32 Å². The summed E-state index contributed by atoms with van der Waals surface area (Å²) in [6.45, 7) is 4.09. The zero-order valence-corrected chi connectivity index (χ0v) is 14.4. The molecule has 0 bridgehead atoms. The van der Waals surface area contributed by atoms with E-state index in [0.29, 0.717) is 11.5 Å². The van der Waals surface area contributed by atoms with Gasteiger partial charge in [-0.2, -0.15) is 0 Å². The molecular formula is C18H26N2OS. The summed E-state index contributed by atoms with van der Waals surface area (Å²) in [5, 5.41) is 6.29. The highest BCUT2D eigenvalue weighted by molar-refractivity contribution is 7.80. The molecule has 0 aliphatic heterocycles. The van der Waals surface area contributed by atoms with Crippen LogP contribution in [-0.4, -0.2) is 11.0 Å². The minimum Gasteiger partial charge on any atom is -0.332 e. The average molecular weight is 318 g/mol. The van der Waals surface area contributed by atoms with Crippen LogP contribution in [0.1, 0.15) is 56.1 Å². The maximum atomic E-state index is 12.0. The fraction of sp³-hybridized carbons (Fsp3) is 0.556. The Morgan fingerprint density at radius 1 is 1.23 bits per heavy atom. The van der Waals surface area contributed by atoms with Gasteiger partial charge in [-0.1, -0.05) is 49.8 Å². The van der Waals surface area contributed by atoms with Crippen molar-refractivity contribution in [1.29, 1.82) is 0 Å². The molecule has 0 saturated heterocycles. The molecule has 1 saturated carbocycles. The topological polar surface area (TPSA) is 41.1 Å². The van der Waals surface area contributed by atoms with E-state index in [0.717, 1.165) is 23.6 Å². The second kappa shape index (κ2) is 8.28. The van der Waals surface area contributed by atoms with Crippen molar-refractivity contribution in [3.05, 3.63) is 29.3 Å². The van der Waals surface area contributed by atoms with Crippen molar-refractivity contribution < 1.29 is 4.79 Å². The lowest BCUT2D eigenvalue weighted by Crippen LogP contribution is -2.34. The molecule has 120 valence electrons. The Hall–Kier alpha value is -1.42. The van der Waals surface area contributed by atoms with Crippen molar-refractivity contribution >= 4 is 28.9 Å². The SMILES string of the molecule is Cc1ccc(NC(=S)NC(=O)CCC2CCCCC2)c(C)c1. The molecule has 22 heavy (non-hydrogen) atoms. The lowest BCUT2D eigenvalue weighted by molar-refractivity contribution is -0.120. The van der Waals surface area contributed by atoms with Crippen LogP contribution >= 0.6 is 12.2 Å². The summed E-state index contributed by atoms with van der Waals surface area (Å²) in [4.78, 5) is 12.0. The number of benzene rings is 1. The molecule has 0 radical (unpaired) electrons. The van der Waals surface area contributed by atoms with Gasteiger partial charge in [-0.25, -0.2) is 0 Å². The Morgan fingerprint density at radius 2 is 1.95 bits per heavy atom. The molecule has 2 N–H and O–H groups in total. The number of carbonyl (C=O) groups excluding carboxylic acids is 1. The number of hydrogen-bond donors (Lipinski definition) is 2. The monoisotopic (exact) mass is 318 g/mol. The van der Waals surface area contributed by atoms with Crippen LogP contribution in [0.3, 0.4) is 0 Å². The Balaban J connectivity index is 1.74. The van der Waals surface area contributed by atoms with Gasteiger partial charge in [0.05, 0.1) is 0 Å². The van der Waals surface area contributed by atoms with Gasteiger partial charge in [0.1, 0.15) is 0 Å². The van der Waals surface area contributed by atoms with E-state index in [1.54, 1.807) is 0 Å². The van der Waals surface area contributed by atoms with Crippen LogP contribution < -0.4 is 10.6 Å². The summed E-state index contributed by atoms with van der Waals surface area (Å²) in [5.74, 6) is 0.744. The van der Waals surface area contributed by atoms with Gasteiger partial charge in [0.15, 0.2) is 5.11 Å². The molecule has 1 aliphatic rings. The van der Waals surface area contributed by atoms with Crippen LogP contribution in [0.4, 0.5) is 5.69 Å². The first-order chi connectivity index (χ1) is 10.5. The lowest BCUT2D eigenvalue weighted by Gasteiger charge is -2.21. The van der Waals surface area contributed by atoms with Crippen molar-refractivity contribution in [2.75, 3.05) is 5.32 Å². The second-order valence-corrected chi connectivity index (χ2v) is 6.77. The normalized spacial score (nSPS) is 15.4. The van der Waals surface area contributed by atoms with Crippen molar-refractivity contribution in [2.24, 2.45) is 5.92 Å². The number of anilines is 1. The molecule has 2 rings (SSSR count). The number of hydrogen-bond acceptors (Lipinski definition) is 2. The van der Waals surface area contributed by atoms with Crippen LogP contribution in [0.15, 0.2) is 18.2 Å². The molecule has 0 atom stereocenters. The largest absolute Gasteiger partial charge is 0.332 e. The van der Waals surface area contributed by atoms with Crippen molar-refractivity contribution in [2.45, 2.75) is 58.8 Å². The number of carbonyl (C=O) groups is 1. The van der Waals surface area contributed by atoms with Crippen LogP contribution in [0, 0.1) is 19.8 Å². The number of rotatable bonds is 4. The Labute approximate surface area is 138 Å². The molecule has 0 aromatic heterocycles. The molecule has 1 aromatic rings. The molecular weight excluding hydrogens is 292 g/mol. The fourth-order valence-electron chi connectivity index (χ4n) is 3.11. The van der Waals surface area contributed by atoms with E-state index in [2.05, 4.69) is 23.6 Å². The first-order valence-electron chi connectivity index (χ1n) is 8.22. The summed E-state index contributed by atoms with van der Waals surface area (Å²) in [6.07, 6.45) is 8.10. The second-order valence-electron chi connectivity index (χ2n) is 6.36. The third-order valence-electron chi connectivity index (χ3n) is 4.39. The molecule has 4 heteroatoms. The average Bonchev–Trinajstić information content (AvgIpc) is 2.49. The van der Waals surface area contributed by atoms with Crippen LogP contribution in [-0.2, 0) is 4.79 Å². The smallest absolute Gasteiger partial charge is 0.226 e. The molecule has 1 fully saturated rings. The van der Waals surface area contributed by atoms with E-state index in [1.807, 2.05) is 19.1 Å². The van der Waals surface area contributed by atoms with Gasteiger partial charge in [-0.3, -0.25) is 4.79 Å². The predicted molar refractivity (Wildman–Crippen MR) is 96.1 cm³/mol. The summed E-state index contributed by atoms with van der Waals surface area (Å²) >= 11 is 5.23. The predicted octanol–water partition coefficient (Wildman–Crippen LogP) is 4.48. The van der Waals surface area contributed by atoms with E-state index in [1.165, 1.54) is 37.7 Å². The molecule has 0 spiro atoms. The first-order valence-corrected chi connectivity index (χ1v) is 8.63. The maximum absolute atomic E-state index is 12.0. The number of aryl methyl sites for hydroxylation is 2. The van der Waals surface area contributed by atoms with Gasteiger partial charge in [0, 0.05) is 12.1 Å². The van der Waals surface area contributed by atoms with E-state index >= 15 is 0 Å². The van der Waals surface area contributed by atoms with Gasteiger partial charge in [-0.15, -0.1) is 0 Å². The fourth-order valence-corrected chi connectivity index (χ4v) is 3.33. The minimum absolute atomic E-state index is 0.0211. The highest BCUT2D eigenvalue weighted by atomic mass is 32.1. The molecule has 1 aliphatic carbocycles. The molecule has 1 amide bonds. The summed E-state index contributed by atoms with van der Waals surface area (Å²) in [6, 6.07) is 6.11. The Kier molecular flexibility index (Phi) is 6.37. The summed E-state index contributed by atoms with van der Waals surface area (Å²) in [5.41, 5.74) is 3.28. The Bertz CT molecular complexity index is 536. The quantitative estimate of drug-likeness (QED) is 0.804. The van der Waals surface area contributed by atoms with E-state index in [4.69, 9.17) is 12.2 Å². The molecule has 3 nitrogen and oxygen atoms in total. The van der Waals surface area contributed by atoms with Crippen LogP contribution in [0.5, 0.6) is 0 Å².